The average Bonchev–Trinajstić information content (AvgIpc) is 2.69. The second-order valence-electron chi connectivity index (χ2n) is 5.64. The summed E-state index contributed by atoms with van der Waals surface area (Å²) in [5.74, 6) is 0. The quantitative estimate of drug-likeness (QED) is 0.760. The fourth-order valence-corrected chi connectivity index (χ4v) is 3.25. The maximum atomic E-state index is 6.25. The Hall–Kier alpha value is -0.380. The van der Waals surface area contributed by atoms with Crippen LogP contribution in [0.15, 0.2) is 28.7 Å². The molecule has 0 heterocycles. The number of hydrogen-bond donors (Lipinski definition) is 1. The van der Waals surface area contributed by atoms with Crippen LogP contribution in [0.5, 0.6) is 0 Å². The molecule has 2 nitrogen and oxygen atoms in total. The Kier molecular flexibility index (Phi) is 7.05. The lowest BCUT2D eigenvalue weighted by Crippen LogP contribution is -2.41. The number of rotatable bonds is 6. The van der Waals surface area contributed by atoms with Crippen LogP contribution < -0.4 is 5.32 Å². The predicted molar refractivity (Wildman–Crippen MR) is 87.9 cm³/mol. The topological polar surface area (TPSA) is 21.3 Å². The minimum atomic E-state index is 0.358. The van der Waals surface area contributed by atoms with Crippen molar-refractivity contribution < 1.29 is 4.74 Å². The molecule has 3 heteroatoms. The second-order valence-corrected chi connectivity index (χ2v) is 6.49. The molecule has 0 aliphatic heterocycles. The lowest BCUT2D eigenvalue weighted by Gasteiger charge is -2.26. The van der Waals surface area contributed by atoms with E-state index in [0.717, 1.165) is 11.0 Å². The third-order valence-electron chi connectivity index (χ3n) is 4.02. The van der Waals surface area contributed by atoms with Gasteiger partial charge in [0.1, 0.15) is 0 Å². The Morgan fingerprint density at radius 2 is 2.00 bits per heavy atom. The van der Waals surface area contributed by atoms with Gasteiger partial charge in [-0.2, -0.15) is 0 Å². The van der Waals surface area contributed by atoms with Crippen LogP contribution in [0.1, 0.15) is 51.0 Å². The van der Waals surface area contributed by atoms with Crippen molar-refractivity contribution in [3.05, 3.63) is 34.3 Å². The molecule has 0 radical (unpaired) electrons. The van der Waals surface area contributed by atoms with E-state index in [9.17, 15) is 0 Å². The van der Waals surface area contributed by atoms with Crippen molar-refractivity contribution >= 4 is 15.9 Å². The van der Waals surface area contributed by atoms with Crippen LogP contribution in [0.3, 0.4) is 0 Å². The third-order valence-corrected chi connectivity index (χ3v) is 4.79. The van der Waals surface area contributed by atoms with Gasteiger partial charge in [0.2, 0.25) is 0 Å². The van der Waals surface area contributed by atoms with Crippen molar-refractivity contribution in [2.45, 2.75) is 64.2 Å². The molecular formula is C17H26BrNO. The van der Waals surface area contributed by atoms with Gasteiger partial charge in [0.25, 0.3) is 0 Å². The van der Waals surface area contributed by atoms with Crippen LogP contribution in [-0.2, 0) is 11.3 Å². The van der Waals surface area contributed by atoms with Crippen molar-refractivity contribution in [2.75, 3.05) is 6.54 Å². The first-order valence-electron chi connectivity index (χ1n) is 7.89. The van der Waals surface area contributed by atoms with E-state index in [1.165, 1.54) is 44.1 Å². The van der Waals surface area contributed by atoms with Crippen LogP contribution >= 0.6 is 15.9 Å². The van der Waals surface area contributed by atoms with Crippen molar-refractivity contribution in [1.29, 1.82) is 0 Å². The maximum Gasteiger partial charge on any atom is 0.0732 e. The first-order chi connectivity index (χ1) is 9.81. The molecule has 112 valence electrons. The molecule has 1 fully saturated rings. The molecule has 20 heavy (non-hydrogen) atoms. The highest BCUT2D eigenvalue weighted by atomic mass is 79.9. The molecule has 1 saturated carbocycles. The van der Waals surface area contributed by atoms with Gasteiger partial charge in [0, 0.05) is 10.5 Å². The zero-order chi connectivity index (χ0) is 14.2. The molecule has 2 unspecified atom stereocenters. The van der Waals surface area contributed by atoms with Gasteiger partial charge in [-0.05, 0) is 37.4 Å². The zero-order valence-electron chi connectivity index (χ0n) is 12.4. The number of halogens is 1. The Morgan fingerprint density at radius 3 is 2.80 bits per heavy atom. The first-order valence-corrected chi connectivity index (χ1v) is 8.69. The number of nitrogens with one attached hydrogen (secondary N) is 1. The highest BCUT2D eigenvalue weighted by molar-refractivity contribution is 9.10. The van der Waals surface area contributed by atoms with E-state index in [1.807, 2.05) is 6.07 Å². The van der Waals surface area contributed by atoms with Gasteiger partial charge >= 0.3 is 0 Å². The van der Waals surface area contributed by atoms with E-state index >= 15 is 0 Å². The summed E-state index contributed by atoms with van der Waals surface area (Å²) in [6, 6.07) is 8.86. The number of hydrogen-bond acceptors (Lipinski definition) is 2. The fourth-order valence-electron chi connectivity index (χ4n) is 2.85. The third kappa shape index (κ3) is 4.87. The summed E-state index contributed by atoms with van der Waals surface area (Å²) in [5.41, 5.74) is 1.24. The Bertz CT molecular complexity index is 396. The van der Waals surface area contributed by atoms with Crippen molar-refractivity contribution in [1.82, 2.24) is 5.32 Å². The second kappa shape index (κ2) is 8.81. The predicted octanol–water partition coefficient (Wildman–Crippen LogP) is 4.67. The minimum absolute atomic E-state index is 0.358. The van der Waals surface area contributed by atoms with Crippen LogP contribution in [0.4, 0.5) is 0 Å². The van der Waals surface area contributed by atoms with E-state index in [4.69, 9.17) is 4.74 Å². The van der Waals surface area contributed by atoms with Gasteiger partial charge in [-0.25, -0.2) is 0 Å². The lowest BCUT2D eigenvalue weighted by molar-refractivity contribution is 0.0105. The molecule has 0 amide bonds. The van der Waals surface area contributed by atoms with Crippen LogP contribution in [0.25, 0.3) is 0 Å². The molecule has 0 bridgehead atoms. The van der Waals surface area contributed by atoms with Crippen LogP contribution in [0, 0.1) is 0 Å². The van der Waals surface area contributed by atoms with E-state index in [2.05, 4.69) is 46.4 Å². The zero-order valence-corrected chi connectivity index (χ0v) is 14.0. The summed E-state index contributed by atoms with van der Waals surface area (Å²) in [5, 5.41) is 3.68. The molecule has 1 aliphatic rings. The molecular weight excluding hydrogens is 314 g/mol. The normalized spacial score (nSPS) is 23.5. The Morgan fingerprint density at radius 1 is 1.20 bits per heavy atom. The van der Waals surface area contributed by atoms with E-state index in [0.29, 0.717) is 18.8 Å². The molecule has 0 spiro atoms. The largest absolute Gasteiger partial charge is 0.372 e. The molecule has 1 aromatic carbocycles. The van der Waals surface area contributed by atoms with Crippen LogP contribution in [0.2, 0.25) is 0 Å². The smallest absolute Gasteiger partial charge is 0.0732 e. The van der Waals surface area contributed by atoms with E-state index in [-0.39, 0.29) is 0 Å². The van der Waals surface area contributed by atoms with Gasteiger partial charge in [-0.3, -0.25) is 0 Å². The molecule has 1 aliphatic carbocycles. The van der Waals surface area contributed by atoms with Crippen molar-refractivity contribution in [2.24, 2.45) is 0 Å². The first kappa shape index (κ1) is 16.0. The summed E-state index contributed by atoms with van der Waals surface area (Å²) in [6.45, 7) is 4.02. The molecule has 2 rings (SSSR count). The highest BCUT2D eigenvalue weighted by Crippen LogP contribution is 2.23. The van der Waals surface area contributed by atoms with Gasteiger partial charge < -0.3 is 10.1 Å². The fraction of sp³-hybridized carbons (Fsp3) is 0.647. The molecule has 1 N–H and O–H groups in total. The Balaban J connectivity index is 1.91. The van der Waals surface area contributed by atoms with E-state index in [1.54, 1.807) is 0 Å². The lowest BCUT2D eigenvalue weighted by atomic mass is 10.1. The number of benzene rings is 1. The summed E-state index contributed by atoms with van der Waals surface area (Å²) in [7, 11) is 0. The highest BCUT2D eigenvalue weighted by Gasteiger charge is 2.23. The summed E-state index contributed by atoms with van der Waals surface area (Å²) >= 11 is 3.60. The van der Waals surface area contributed by atoms with E-state index < -0.39 is 0 Å². The molecule has 2 atom stereocenters. The summed E-state index contributed by atoms with van der Waals surface area (Å²) in [4.78, 5) is 0. The van der Waals surface area contributed by atoms with Gasteiger partial charge in [-0.15, -0.1) is 0 Å². The Labute approximate surface area is 131 Å². The van der Waals surface area contributed by atoms with Gasteiger partial charge in [-0.1, -0.05) is 60.3 Å². The average molecular weight is 340 g/mol. The van der Waals surface area contributed by atoms with Crippen molar-refractivity contribution in [3.63, 3.8) is 0 Å². The van der Waals surface area contributed by atoms with Crippen LogP contribution in [-0.4, -0.2) is 18.7 Å². The molecule has 0 aromatic heterocycles. The summed E-state index contributed by atoms with van der Waals surface area (Å²) in [6.07, 6.45) is 7.96. The maximum absolute atomic E-state index is 6.25. The van der Waals surface area contributed by atoms with Gasteiger partial charge in [0.05, 0.1) is 12.7 Å². The monoisotopic (exact) mass is 339 g/mol. The van der Waals surface area contributed by atoms with Crippen molar-refractivity contribution in [3.8, 4) is 0 Å². The standard InChI is InChI=1S/C17H26BrNO/c1-2-12-19-16-10-4-3-5-11-17(16)20-13-14-8-6-7-9-15(14)18/h6-9,16-17,19H,2-5,10-13H2,1H3. The molecule has 0 saturated heterocycles. The molecule has 1 aromatic rings. The summed E-state index contributed by atoms with van der Waals surface area (Å²) < 4.78 is 7.39. The minimum Gasteiger partial charge on any atom is -0.372 e. The number of ether oxygens (including phenoxy) is 1. The van der Waals surface area contributed by atoms with Gasteiger partial charge in [0.15, 0.2) is 0 Å². The SMILES string of the molecule is CCCNC1CCCCCC1OCc1ccccc1Br.